The van der Waals surface area contributed by atoms with Crippen molar-refractivity contribution in [1.29, 1.82) is 0 Å². The molecular formula is C18H23N3O2. The highest BCUT2D eigenvalue weighted by Gasteiger charge is 2.38. The van der Waals surface area contributed by atoms with Crippen molar-refractivity contribution >= 4 is 16.9 Å². The van der Waals surface area contributed by atoms with E-state index in [9.17, 15) is 4.79 Å². The summed E-state index contributed by atoms with van der Waals surface area (Å²) >= 11 is 0. The molecule has 2 aliphatic heterocycles. The number of fused-ring (bicyclic) bond motifs is 1. The van der Waals surface area contributed by atoms with Crippen molar-refractivity contribution in [3.05, 3.63) is 30.0 Å². The van der Waals surface area contributed by atoms with Crippen molar-refractivity contribution in [2.24, 2.45) is 0 Å². The summed E-state index contributed by atoms with van der Waals surface area (Å²) in [4.78, 5) is 17.4. The fourth-order valence-electron chi connectivity index (χ4n) is 4.23. The number of benzene rings is 1. The van der Waals surface area contributed by atoms with Crippen LogP contribution >= 0.6 is 0 Å². The van der Waals surface area contributed by atoms with Gasteiger partial charge in [-0.2, -0.15) is 0 Å². The number of amides is 1. The van der Waals surface area contributed by atoms with E-state index in [0.717, 1.165) is 42.6 Å². The lowest BCUT2D eigenvalue weighted by Gasteiger charge is -2.33. The molecule has 2 saturated heterocycles. The minimum Gasteiger partial charge on any atom is -0.356 e. The number of likely N-dealkylation sites (tertiary alicyclic amines) is 2. The van der Waals surface area contributed by atoms with Crippen LogP contribution in [-0.2, 0) is 11.2 Å². The maximum Gasteiger partial charge on any atom is 0.229 e. The fraction of sp³-hybridized carbons (Fsp3) is 0.556. The van der Waals surface area contributed by atoms with Crippen molar-refractivity contribution in [2.75, 3.05) is 20.1 Å². The number of carbonyl (C=O) groups is 1. The molecule has 122 valence electrons. The summed E-state index contributed by atoms with van der Waals surface area (Å²) in [6, 6.07) is 8.64. The molecule has 0 saturated carbocycles. The molecule has 2 aliphatic rings. The highest BCUT2D eigenvalue weighted by Crippen LogP contribution is 2.30. The van der Waals surface area contributed by atoms with Crippen molar-refractivity contribution in [3.8, 4) is 0 Å². The molecule has 0 radical (unpaired) electrons. The molecule has 4 rings (SSSR count). The van der Waals surface area contributed by atoms with Gasteiger partial charge in [0.1, 0.15) is 5.69 Å². The topological polar surface area (TPSA) is 49.6 Å². The first-order valence-corrected chi connectivity index (χ1v) is 8.57. The summed E-state index contributed by atoms with van der Waals surface area (Å²) in [5.74, 6) is 0.187. The van der Waals surface area contributed by atoms with Crippen LogP contribution in [-0.4, -0.2) is 53.1 Å². The average molecular weight is 313 g/mol. The molecular weight excluding hydrogens is 290 g/mol. The summed E-state index contributed by atoms with van der Waals surface area (Å²) in [6.07, 6.45) is 5.02. The molecule has 0 spiro atoms. The van der Waals surface area contributed by atoms with Crippen molar-refractivity contribution < 1.29 is 9.32 Å². The normalized spacial score (nSPS) is 25.5. The minimum absolute atomic E-state index is 0.187. The largest absolute Gasteiger partial charge is 0.356 e. The predicted octanol–water partition coefficient (Wildman–Crippen LogP) is 2.46. The highest BCUT2D eigenvalue weighted by atomic mass is 16.5. The summed E-state index contributed by atoms with van der Waals surface area (Å²) in [7, 11) is 2.18. The molecule has 2 unspecified atom stereocenters. The molecule has 5 nitrogen and oxygen atoms in total. The van der Waals surface area contributed by atoms with Gasteiger partial charge in [0.2, 0.25) is 5.91 Å². The van der Waals surface area contributed by atoms with E-state index in [1.807, 2.05) is 24.3 Å². The van der Waals surface area contributed by atoms with Crippen LogP contribution in [0.1, 0.15) is 31.4 Å². The second-order valence-corrected chi connectivity index (χ2v) is 6.79. The lowest BCUT2D eigenvalue weighted by molar-refractivity contribution is -0.132. The van der Waals surface area contributed by atoms with Gasteiger partial charge in [-0.25, -0.2) is 0 Å². The Hall–Kier alpha value is -1.88. The molecule has 23 heavy (non-hydrogen) atoms. The first-order valence-electron chi connectivity index (χ1n) is 8.57. The summed E-state index contributed by atoms with van der Waals surface area (Å²) in [6.45, 7) is 2.03. The number of hydrogen-bond donors (Lipinski definition) is 0. The van der Waals surface area contributed by atoms with Gasteiger partial charge in [0.05, 0.1) is 6.42 Å². The van der Waals surface area contributed by atoms with Gasteiger partial charge < -0.3 is 14.3 Å². The van der Waals surface area contributed by atoms with Crippen LogP contribution in [0.3, 0.4) is 0 Å². The van der Waals surface area contributed by atoms with E-state index in [1.54, 1.807) is 0 Å². The quantitative estimate of drug-likeness (QED) is 0.873. The predicted molar refractivity (Wildman–Crippen MR) is 88.1 cm³/mol. The summed E-state index contributed by atoms with van der Waals surface area (Å²) in [5.41, 5.74) is 1.51. The second-order valence-electron chi connectivity index (χ2n) is 6.79. The van der Waals surface area contributed by atoms with E-state index < -0.39 is 0 Å². The lowest BCUT2D eigenvalue weighted by atomic mass is 10.0. The molecule has 2 atom stereocenters. The third-order valence-electron chi connectivity index (χ3n) is 5.41. The van der Waals surface area contributed by atoms with Crippen LogP contribution < -0.4 is 0 Å². The van der Waals surface area contributed by atoms with E-state index in [4.69, 9.17) is 4.52 Å². The molecule has 0 aliphatic carbocycles. The third-order valence-corrected chi connectivity index (χ3v) is 5.41. The van der Waals surface area contributed by atoms with Gasteiger partial charge in [-0.3, -0.25) is 4.79 Å². The first-order chi connectivity index (χ1) is 11.2. The molecule has 0 bridgehead atoms. The van der Waals surface area contributed by atoms with Crippen molar-refractivity contribution in [2.45, 2.75) is 44.2 Å². The van der Waals surface area contributed by atoms with Crippen LogP contribution in [0, 0.1) is 0 Å². The number of likely N-dealkylation sites (N-methyl/N-ethyl adjacent to an activating group) is 1. The number of aromatic nitrogens is 1. The molecule has 0 N–H and O–H groups in total. The molecule has 5 heteroatoms. The molecule has 2 aromatic rings. The standard InChI is InChI=1S/C18H23N3O2/c1-20-10-4-7-15(20)16-8-5-11-21(16)18(22)12-14-13-6-2-3-9-17(13)23-19-14/h2-3,6,9,15-16H,4-5,7-8,10-12H2,1H3. The van der Waals surface area contributed by atoms with Gasteiger partial charge >= 0.3 is 0 Å². The van der Waals surface area contributed by atoms with Crippen LogP contribution in [0.4, 0.5) is 0 Å². The van der Waals surface area contributed by atoms with Gasteiger partial charge in [-0.15, -0.1) is 0 Å². The Balaban J connectivity index is 1.52. The van der Waals surface area contributed by atoms with Crippen LogP contribution in [0.25, 0.3) is 11.0 Å². The summed E-state index contributed by atoms with van der Waals surface area (Å²) in [5, 5.41) is 5.06. The van der Waals surface area contributed by atoms with Crippen molar-refractivity contribution in [3.63, 3.8) is 0 Å². The first kappa shape index (κ1) is 14.7. The Kier molecular flexibility index (Phi) is 3.81. The lowest BCUT2D eigenvalue weighted by Crippen LogP contribution is -2.47. The van der Waals surface area contributed by atoms with Gasteiger partial charge in [0, 0.05) is 24.0 Å². The van der Waals surface area contributed by atoms with Gasteiger partial charge in [0.15, 0.2) is 5.58 Å². The molecule has 2 fully saturated rings. The smallest absolute Gasteiger partial charge is 0.229 e. The zero-order valence-electron chi connectivity index (χ0n) is 13.6. The van der Waals surface area contributed by atoms with Crippen LogP contribution in [0.2, 0.25) is 0 Å². The minimum atomic E-state index is 0.187. The van der Waals surface area contributed by atoms with E-state index in [2.05, 4.69) is 22.0 Å². The maximum atomic E-state index is 12.9. The number of hydrogen-bond acceptors (Lipinski definition) is 4. The van der Waals surface area contributed by atoms with E-state index in [1.165, 1.54) is 12.8 Å². The Morgan fingerprint density at radius 2 is 2.00 bits per heavy atom. The molecule has 1 amide bonds. The Labute approximate surface area is 136 Å². The molecule has 3 heterocycles. The fourth-order valence-corrected chi connectivity index (χ4v) is 4.23. The van der Waals surface area contributed by atoms with E-state index in [0.29, 0.717) is 18.5 Å². The Morgan fingerprint density at radius 1 is 1.22 bits per heavy atom. The van der Waals surface area contributed by atoms with E-state index >= 15 is 0 Å². The number of rotatable bonds is 3. The number of para-hydroxylation sites is 1. The summed E-state index contributed by atoms with van der Waals surface area (Å²) < 4.78 is 5.33. The Bertz CT molecular complexity index is 711. The number of carbonyl (C=O) groups excluding carboxylic acids is 1. The monoisotopic (exact) mass is 313 g/mol. The maximum absolute atomic E-state index is 12.9. The van der Waals surface area contributed by atoms with Gasteiger partial charge in [-0.05, 0) is 51.4 Å². The van der Waals surface area contributed by atoms with Crippen molar-refractivity contribution in [1.82, 2.24) is 15.0 Å². The van der Waals surface area contributed by atoms with Gasteiger partial charge in [0.25, 0.3) is 0 Å². The van der Waals surface area contributed by atoms with Gasteiger partial charge in [-0.1, -0.05) is 17.3 Å². The highest BCUT2D eigenvalue weighted by molar-refractivity contribution is 5.86. The van der Waals surface area contributed by atoms with Crippen LogP contribution in [0.15, 0.2) is 28.8 Å². The zero-order valence-corrected chi connectivity index (χ0v) is 13.6. The second kappa shape index (κ2) is 5.96. The third kappa shape index (κ3) is 2.63. The molecule has 1 aromatic heterocycles. The average Bonchev–Trinajstić information content (AvgIpc) is 3.27. The zero-order chi connectivity index (χ0) is 15.8. The Morgan fingerprint density at radius 3 is 2.83 bits per heavy atom. The van der Waals surface area contributed by atoms with Crippen LogP contribution in [0.5, 0.6) is 0 Å². The molecule has 1 aromatic carbocycles. The van der Waals surface area contributed by atoms with E-state index in [-0.39, 0.29) is 5.91 Å². The SMILES string of the molecule is CN1CCCC1C1CCCN1C(=O)Cc1noc2ccccc12. The number of nitrogens with zero attached hydrogens (tertiary/aromatic N) is 3.